The molecule has 3 rings (SSSR count). The third-order valence-electron chi connectivity index (χ3n) is 4.05. The normalized spacial score (nSPS) is 14.4. The largest absolute Gasteiger partial charge is 0.371 e. The zero-order chi connectivity index (χ0) is 17.9. The Morgan fingerprint density at radius 2 is 1.68 bits per heavy atom. The Bertz CT molecular complexity index is 857. The lowest BCUT2D eigenvalue weighted by Crippen LogP contribution is -2.18. The molecule has 0 bridgehead atoms. The SMILES string of the molecule is CC(=O)Nc1ccc(S(=O)(=O)Nc2cccc(N3CCCC3)c2)cc1. The van der Waals surface area contributed by atoms with Gasteiger partial charge < -0.3 is 10.2 Å². The molecule has 25 heavy (non-hydrogen) atoms. The molecule has 2 aromatic rings. The van der Waals surface area contributed by atoms with E-state index in [9.17, 15) is 13.2 Å². The zero-order valence-corrected chi connectivity index (χ0v) is 14.8. The molecular formula is C18H21N3O3S. The number of nitrogens with zero attached hydrogens (tertiary/aromatic N) is 1. The minimum absolute atomic E-state index is 0.146. The van der Waals surface area contributed by atoms with Crippen molar-refractivity contribution in [3.05, 3.63) is 48.5 Å². The second-order valence-corrected chi connectivity index (χ2v) is 7.74. The fourth-order valence-corrected chi connectivity index (χ4v) is 3.93. The molecule has 0 spiro atoms. The number of hydrogen-bond donors (Lipinski definition) is 2. The number of amides is 1. The summed E-state index contributed by atoms with van der Waals surface area (Å²) in [5, 5.41) is 2.61. The predicted molar refractivity (Wildman–Crippen MR) is 99.4 cm³/mol. The van der Waals surface area contributed by atoms with Crippen LogP contribution in [0.2, 0.25) is 0 Å². The first-order valence-corrected chi connectivity index (χ1v) is 9.68. The van der Waals surface area contributed by atoms with Crippen LogP contribution in [-0.2, 0) is 14.8 Å². The van der Waals surface area contributed by atoms with Crippen molar-refractivity contribution in [2.45, 2.75) is 24.7 Å². The fraction of sp³-hybridized carbons (Fsp3) is 0.278. The maximum atomic E-state index is 12.6. The van der Waals surface area contributed by atoms with E-state index in [1.54, 1.807) is 18.2 Å². The van der Waals surface area contributed by atoms with Crippen molar-refractivity contribution in [1.82, 2.24) is 0 Å². The Labute approximate surface area is 147 Å². The van der Waals surface area contributed by atoms with E-state index < -0.39 is 10.0 Å². The Balaban J connectivity index is 1.77. The minimum Gasteiger partial charge on any atom is -0.371 e. The quantitative estimate of drug-likeness (QED) is 0.860. The third-order valence-corrected chi connectivity index (χ3v) is 5.45. The van der Waals surface area contributed by atoms with Crippen LogP contribution in [-0.4, -0.2) is 27.4 Å². The lowest BCUT2D eigenvalue weighted by Gasteiger charge is -2.18. The topological polar surface area (TPSA) is 78.5 Å². The number of nitrogens with one attached hydrogen (secondary N) is 2. The van der Waals surface area contributed by atoms with E-state index in [1.165, 1.54) is 19.1 Å². The van der Waals surface area contributed by atoms with Gasteiger partial charge in [-0.15, -0.1) is 0 Å². The Hall–Kier alpha value is -2.54. The summed E-state index contributed by atoms with van der Waals surface area (Å²) in [6.45, 7) is 3.40. The molecule has 132 valence electrons. The number of carbonyl (C=O) groups excluding carboxylic acids is 1. The summed E-state index contributed by atoms with van der Waals surface area (Å²) in [6, 6.07) is 13.5. The highest BCUT2D eigenvalue weighted by atomic mass is 32.2. The van der Waals surface area contributed by atoms with Crippen LogP contribution in [0.4, 0.5) is 17.1 Å². The van der Waals surface area contributed by atoms with Gasteiger partial charge in [0.25, 0.3) is 10.0 Å². The third kappa shape index (κ3) is 4.30. The molecule has 6 nitrogen and oxygen atoms in total. The van der Waals surface area contributed by atoms with Gasteiger partial charge in [0, 0.05) is 31.4 Å². The number of carbonyl (C=O) groups is 1. The van der Waals surface area contributed by atoms with Crippen LogP contribution in [0.25, 0.3) is 0 Å². The first-order chi connectivity index (χ1) is 11.9. The predicted octanol–water partition coefficient (Wildman–Crippen LogP) is 3.05. The summed E-state index contributed by atoms with van der Waals surface area (Å²) >= 11 is 0. The summed E-state index contributed by atoms with van der Waals surface area (Å²) < 4.78 is 27.7. The first-order valence-electron chi connectivity index (χ1n) is 8.19. The Morgan fingerprint density at radius 3 is 2.32 bits per heavy atom. The standard InChI is InChI=1S/C18H21N3O3S/c1-14(22)19-15-7-9-18(10-8-15)25(23,24)20-16-5-4-6-17(13-16)21-11-2-3-12-21/h4-10,13,20H,2-3,11-12H2,1H3,(H,19,22). The molecule has 1 saturated heterocycles. The molecular weight excluding hydrogens is 338 g/mol. The van der Waals surface area contributed by atoms with Crippen molar-refractivity contribution in [2.24, 2.45) is 0 Å². The average Bonchev–Trinajstić information content (AvgIpc) is 3.09. The van der Waals surface area contributed by atoms with Crippen molar-refractivity contribution in [2.75, 3.05) is 28.0 Å². The van der Waals surface area contributed by atoms with Gasteiger partial charge in [-0.2, -0.15) is 0 Å². The van der Waals surface area contributed by atoms with E-state index in [4.69, 9.17) is 0 Å². The van der Waals surface area contributed by atoms with Gasteiger partial charge in [0.05, 0.1) is 10.6 Å². The minimum atomic E-state index is -3.68. The van der Waals surface area contributed by atoms with Crippen LogP contribution in [0.15, 0.2) is 53.4 Å². The van der Waals surface area contributed by atoms with E-state index in [0.717, 1.165) is 31.6 Å². The first kappa shape index (κ1) is 17.3. The number of hydrogen-bond acceptors (Lipinski definition) is 4. The molecule has 2 aromatic carbocycles. The average molecular weight is 359 g/mol. The second-order valence-electron chi connectivity index (χ2n) is 6.06. The summed E-state index contributed by atoms with van der Waals surface area (Å²) in [7, 11) is -3.68. The molecule has 1 amide bonds. The van der Waals surface area contributed by atoms with Gasteiger partial charge in [0.1, 0.15) is 0 Å². The van der Waals surface area contributed by atoms with Crippen molar-refractivity contribution < 1.29 is 13.2 Å². The molecule has 0 atom stereocenters. The molecule has 7 heteroatoms. The van der Waals surface area contributed by atoms with Gasteiger partial charge in [0.2, 0.25) is 5.91 Å². The van der Waals surface area contributed by atoms with E-state index in [1.807, 2.05) is 18.2 Å². The van der Waals surface area contributed by atoms with Crippen molar-refractivity contribution in [3.8, 4) is 0 Å². The van der Waals surface area contributed by atoms with Gasteiger partial charge in [0.15, 0.2) is 0 Å². The van der Waals surface area contributed by atoms with Crippen molar-refractivity contribution in [1.29, 1.82) is 0 Å². The van der Waals surface area contributed by atoms with Gasteiger partial charge in [-0.25, -0.2) is 8.42 Å². The van der Waals surface area contributed by atoms with E-state index in [2.05, 4.69) is 14.9 Å². The smallest absolute Gasteiger partial charge is 0.261 e. The highest BCUT2D eigenvalue weighted by Crippen LogP contribution is 2.25. The van der Waals surface area contributed by atoms with Gasteiger partial charge >= 0.3 is 0 Å². The van der Waals surface area contributed by atoms with E-state index in [-0.39, 0.29) is 10.8 Å². The molecule has 1 heterocycles. The van der Waals surface area contributed by atoms with Crippen LogP contribution < -0.4 is 14.9 Å². The summed E-state index contributed by atoms with van der Waals surface area (Å²) in [6.07, 6.45) is 2.33. The fourth-order valence-electron chi connectivity index (χ4n) is 2.88. The van der Waals surface area contributed by atoms with Gasteiger partial charge in [-0.05, 0) is 55.3 Å². The molecule has 1 fully saturated rings. The maximum Gasteiger partial charge on any atom is 0.261 e. The lowest BCUT2D eigenvalue weighted by molar-refractivity contribution is -0.114. The van der Waals surface area contributed by atoms with Crippen LogP contribution in [0.5, 0.6) is 0 Å². The molecule has 1 aliphatic rings. The van der Waals surface area contributed by atoms with E-state index >= 15 is 0 Å². The summed E-state index contributed by atoms with van der Waals surface area (Å²) in [5.41, 5.74) is 2.12. The second kappa shape index (κ2) is 7.14. The number of sulfonamides is 1. The van der Waals surface area contributed by atoms with Gasteiger partial charge in [-0.1, -0.05) is 6.07 Å². The number of rotatable bonds is 5. The highest BCUT2D eigenvalue weighted by molar-refractivity contribution is 7.92. The van der Waals surface area contributed by atoms with Crippen molar-refractivity contribution in [3.63, 3.8) is 0 Å². The summed E-state index contributed by atoms with van der Waals surface area (Å²) in [5.74, 6) is -0.201. The maximum absolute atomic E-state index is 12.6. The van der Waals surface area contributed by atoms with Crippen LogP contribution >= 0.6 is 0 Å². The molecule has 1 aliphatic heterocycles. The molecule has 2 N–H and O–H groups in total. The Morgan fingerprint density at radius 1 is 1.00 bits per heavy atom. The molecule has 0 aromatic heterocycles. The van der Waals surface area contributed by atoms with Crippen LogP contribution in [0.1, 0.15) is 19.8 Å². The van der Waals surface area contributed by atoms with Gasteiger partial charge in [-0.3, -0.25) is 9.52 Å². The van der Waals surface area contributed by atoms with E-state index in [0.29, 0.717) is 11.4 Å². The highest BCUT2D eigenvalue weighted by Gasteiger charge is 2.16. The summed E-state index contributed by atoms with van der Waals surface area (Å²) in [4.78, 5) is 13.4. The molecule has 0 saturated carbocycles. The van der Waals surface area contributed by atoms with Crippen LogP contribution in [0.3, 0.4) is 0 Å². The molecule has 0 unspecified atom stereocenters. The monoisotopic (exact) mass is 359 g/mol. The van der Waals surface area contributed by atoms with Crippen molar-refractivity contribution >= 4 is 33.0 Å². The lowest BCUT2D eigenvalue weighted by atomic mass is 10.2. The number of benzene rings is 2. The van der Waals surface area contributed by atoms with Crippen LogP contribution in [0, 0.1) is 0 Å². The molecule has 0 radical (unpaired) electrons. The zero-order valence-electron chi connectivity index (χ0n) is 14.0. The Kier molecular flexibility index (Phi) is 4.94. The molecule has 0 aliphatic carbocycles. The number of anilines is 3.